The van der Waals surface area contributed by atoms with Crippen molar-refractivity contribution < 1.29 is 14.2 Å². The van der Waals surface area contributed by atoms with Crippen LogP contribution in [0.25, 0.3) is 5.70 Å². The van der Waals surface area contributed by atoms with Crippen molar-refractivity contribution in [3.63, 3.8) is 0 Å². The van der Waals surface area contributed by atoms with Crippen molar-refractivity contribution in [2.24, 2.45) is 0 Å². The molecule has 0 unspecified atom stereocenters. The standard InChI is InChI=1S/C31H31N3O4/c1-21-31-28(32-34(21)20-22-9-6-5-7-10-22)18-30(35)33(19-24-14-26(37-3)17-27(15-24)38-4)29(31)16-23-11-8-12-25(13-23)36-2/h5-15,17-18,32H,1,16,19-20H2,2-4H3. The van der Waals surface area contributed by atoms with Crippen LogP contribution >= 0.6 is 0 Å². The molecule has 0 atom stereocenters. The van der Waals surface area contributed by atoms with E-state index in [1.54, 1.807) is 27.4 Å². The van der Waals surface area contributed by atoms with Gasteiger partial charge in [0.1, 0.15) is 17.2 Å². The van der Waals surface area contributed by atoms with Crippen LogP contribution < -0.4 is 25.2 Å². The van der Waals surface area contributed by atoms with Crippen LogP contribution in [0.1, 0.15) is 27.9 Å². The van der Waals surface area contributed by atoms with E-state index in [-0.39, 0.29) is 5.56 Å². The lowest BCUT2D eigenvalue weighted by molar-refractivity contribution is 0.393. The number of hydrazine groups is 1. The van der Waals surface area contributed by atoms with Gasteiger partial charge in [-0.1, -0.05) is 49.0 Å². The van der Waals surface area contributed by atoms with E-state index in [4.69, 9.17) is 14.2 Å². The van der Waals surface area contributed by atoms with E-state index >= 15 is 0 Å². The number of fused-ring (bicyclic) bond motifs is 1. The summed E-state index contributed by atoms with van der Waals surface area (Å²) in [4.78, 5) is 13.6. The molecule has 194 valence electrons. The van der Waals surface area contributed by atoms with Gasteiger partial charge in [0.2, 0.25) is 0 Å². The van der Waals surface area contributed by atoms with E-state index in [0.29, 0.717) is 31.0 Å². The first-order valence-electron chi connectivity index (χ1n) is 12.4. The van der Waals surface area contributed by atoms with Crippen molar-refractivity contribution >= 4 is 11.4 Å². The van der Waals surface area contributed by atoms with Gasteiger partial charge in [-0.2, -0.15) is 0 Å². The highest BCUT2D eigenvalue weighted by molar-refractivity contribution is 5.81. The molecule has 1 aliphatic heterocycles. The number of benzene rings is 3. The van der Waals surface area contributed by atoms with Crippen LogP contribution in [0, 0.1) is 0 Å². The summed E-state index contributed by atoms with van der Waals surface area (Å²) in [5.41, 5.74) is 9.74. The van der Waals surface area contributed by atoms with Gasteiger partial charge in [0, 0.05) is 29.8 Å². The zero-order valence-electron chi connectivity index (χ0n) is 21.9. The van der Waals surface area contributed by atoms with Crippen molar-refractivity contribution in [2.75, 3.05) is 26.8 Å². The lowest BCUT2D eigenvalue weighted by Crippen LogP contribution is -2.25. The number of aromatic nitrogens is 1. The third-order valence-corrected chi connectivity index (χ3v) is 6.73. The number of hydrogen-bond acceptors (Lipinski definition) is 6. The van der Waals surface area contributed by atoms with Gasteiger partial charge in [0.25, 0.3) is 5.56 Å². The molecule has 3 aromatic carbocycles. The second-order valence-corrected chi connectivity index (χ2v) is 9.18. The number of pyridine rings is 1. The fourth-order valence-corrected chi connectivity index (χ4v) is 4.83. The molecule has 0 aliphatic carbocycles. The van der Waals surface area contributed by atoms with Crippen molar-refractivity contribution in [1.82, 2.24) is 9.58 Å². The zero-order valence-corrected chi connectivity index (χ0v) is 21.9. The molecule has 38 heavy (non-hydrogen) atoms. The number of hydrogen-bond donors (Lipinski definition) is 1. The molecule has 0 amide bonds. The van der Waals surface area contributed by atoms with E-state index in [0.717, 1.165) is 45.1 Å². The average molecular weight is 510 g/mol. The van der Waals surface area contributed by atoms with Crippen molar-refractivity contribution in [3.8, 4) is 17.2 Å². The van der Waals surface area contributed by atoms with Gasteiger partial charge in [0.05, 0.1) is 45.8 Å². The monoisotopic (exact) mass is 509 g/mol. The second kappa shape index (κ2) is 10.8. The smallest absolute Gasteiger partial charge is 0.253 e. The molecule has 0 saturated carbocycles. The first-order chi connectivity index (χ1) is 18.5. The zero-order chi connectivity index (χ0) is 26.6. The summed E-state index contributed by atoms with van der Waals surface area (Å²) >= 11 is 0. The number of ether oxygens (including phenoxy) is 3. The van der Waals surface area contributed by atoms with Crippen LogP contribution in [0.5, 0.6) is 17.2 Å². The highest BCUT2D eigenvalue weighted by Gasteiger charge is 2.28. The Labute approximate surface area is 222 Å². The van der Waals surface area contributed by atoms with Crippen LogP contribution in [0.2, 0.25) is 0 Å². The minimum absolute atomic E-state index is 0.106. The van der Waals surface area contributed by atoms with E-state index in [9.17, 15) is 4.79 Å². The molecule has 0 fully saturated rings. The third-order valence-electron chi connectivity index (χ3n) is 6.73. The van der Waals surface area contributed by atoms with Gasteiger partial charge < -0.3 is 18.8 Å². The minimum Gasteiger partial charge on any atom is -0.497 e. The largest absolute Gasteiger partial charge is 0.497 e. The molecule has 1 aliphatic rings. The molecule has 0 radical (unpaired) electrons. The fraction of sp³-hybridized carbons (Fsp3) is 0.194. The van der Waals surface area contributed by atoms with Crippen molar-refractivity contribution in [3.05, 3.63) is 124 Å². The number of anilines is 1. The lowest BCUT2D eigenvalue weighted by Gasteiger charge is -2.20. The Hall–Kier alpha value is -4.65. The molecular weight excluding hydrogens is 478 g/mol. The molecule has 4 aromatic rings. The fourth-order valence-electron chi connectivity index (χ4n) is 4.83. The number of nitrogens with one attached hydrogen (secondary N) is 1. The van der Waals surface area contributed by atoms with E-state index < -0.39 is 0 Å². The Morgan fingerprint density at radius 2 is 1.39 bits per heavy atom. The van der Waals surface area contributed by atoms with Crippen LogP contribution in [0.4, 0.5) is 5.69 Å². The summed E-state index contributed by atoms with van der Waals surface area (Å²) in [6.07, 6.45) is 0.524. The topological polar surface area (TPSA) is 65.0 Å². The van der Waals surface area contributed by atoms with E-state index in [2.05, 4.69) is 24.1 Å². The maximum Gasteiger partial charge on any atom is 0.253 e. The van der Waals surface area contributed by atoms with Crippen molar-refractivity contribution in [2.45, 2.75) is 19.5 Å². The first-order valence-corrected chi connectivity index (χ1v) is 12.4. The Morgan fingerprint density at radius 3 is 2.08 bits per heavy atom. The summed E-state index contributed by atoms with van der Waals surface area (Å²) in [6, 6.07) is 25.4. The van der Waals surface area contributed by atoms with Gasteiger partial charge in [-0.15, -0.1) is 0 Å². The van der Waals surface area contributed by atoms with Gasteiger partial charge in [-0.3, -0.25) is 15.2 Å². The van der Waals surface area contributed by atoms with Crippen LogP contribution in [-0.2, 0) is 19.5 Å². The molecule has 7 heteroatoms. The normalized spacial score (nSPS) is 12.2. The Morgan fingerprint density at radius 1 is 0.737 bits per heavy atom. The number of nitrogens with zero attached hydrogens (tertiary/aromatic N) is 2. The quantitative estimate of drug-likeness (QED) is 0.329. The molecule has 0 bridgehead atoms. The third kappa shape index (κ3) is 5.09. The summed E-state index contributed by atoms with van der Waals surface area (Å²) < 4.78 is 18.2. The number of rotatable bonds is 9. The second-order valence-electron chi connectivity index (χ2n) is 9.18. The predicted molar refractivity (Wildman–Crippen MR) is 150 cm³/mol. The molecule has 7 nitrogen and oxygen atoms in total. The minimum atomic E-state index is -0.106. The summed E-state index contributed by atoms with van der Waals surface area (Å²) in [5.74, 6) is 2.11. The number of methoxy groups -OCH3 is 3. The molecule has 0 spiro atoms. The van der Waals surface area contributed by atoms with Gasteiger partial charge in [0.15, 0.2) is 0 Å². The highest BCUT2D eigenvalue weighted by atomic mass is 16.5. The molecule has 1 N–H and O–H groups in total. The van der Waals surface area contributed by atoms with Crippen molar-refractivity contribution in [1.29, 1.82) is 0 Å². The summed E-state index contributed by atoms with van der Waals surface area (Å²) in [7, 11) is 4.88. The molecular formula is C31H31N3O4. The van der Waals surface area contributed by atoms with Gasteiger partial charge in [-0.05, 0) is 41.0 Å². The highest BCUT2D eigenvalue weighted by Crippen LogP contribution is 2.37. The molecule has 1 aromatic heterocycles. The summed E-state index contributed by atoms with van der Waals surface area (Å²) in [5, 5.41) is 1.99. The predicted octanol–water partition coefficient (Wildman–Crippen LogP) is 5.33. The molecule has 5 rings (SSSR count). The Kier molecular flexibility index (Phi) is 7.09. The summed E-state index contributed by atoms with van der Waals surface area (Å²) in [6.45, 7) is 5.40. The van der Waals surface area contributed by atoms with Gasteiger partial charge >= 0.3 is 0 Å². The van der Waals surface area contributed by atoms with Crippen LogP contribution in [-0.4, -0.2) is 30.9 Å². The SMILES string of the molecule is C=C1c2c(cc(=O)n(Cc3cc(OC)cc(OC)c3)c2Cc2cccc(OC)c2)NN1Cc1ccccc1. The molecule has 0 saturated heterocycles. The van der Waals surface area contributed by atoms with Gasteiger partial charge in [-0.25, -0.2) is 0 Å². The van der Waals surface area contributed by atoms with Crippen LogP contribution in [0.15, 0.2) is 90.2 Å². The Balaban J connectivity index is 1.60. The maximum absolute atomic E-state index is 13.6. The van der Waals surface area contributed by atoms with E-state index in [1.165, 1.54) is 0 Å². The molecule has 2 heterocycles. The maximum atomic E-state index is 13.6. The van der Waals surface area contributed by atoms with Crippen LogP contribution in [0.3, 0.4) is 0 Å². The van der Waals surface area contributed by atoms with E-state index in [1.807, 2.05) is 70.2 Å². The first kappa shape index (κ1) is 25.0. The lowest BCUT2D eigenvalue weighted by atomic mass is 10.0. The average Bonchev–Trinajstić information content (AvgIpc) is 3.24. The Bertz CT molecular complexity index is 1510.